The van der Waals surface area contributed by atoms with Crippen LogP contribution in [-0.2, 0) is 11.3 Å². The van der Waals surface area contributed by atoms with Gasteiger partial charge < -0.3 is 15.3 Å². The lowest BCUT2D eigenvalue weighted by Crippen LogP contribution is -2.43. The van der Waals surface area contributed by atoms with Crippen LogP contribution >= 0.6 is 0 Å². The number of urea groups is 1. The number of aromatic nitrogens is 2. The number of carbonyl (C=O) groups is 2. The predicted octanol–water partition coefficient (Wildman–Crippen LogP) is 2.86. The third-order valence-corrected chi connectivity index (χ3v) is 3.84. The highest BCUT2D eigenvalue weighted by molar-refractivity contribution is 5.75. The van der Waals surface area contributed by atoms with E-state index in [1.165, 1.54) is 4.90 Å². The van der Waals surface area contributed by atoms with Gasteiger partial charge in [-0.1, -0.05) is 43.7 Å². The number of H-pyrrole nitrogens is 1. The average molecular weight is 344 g/mol. The summed E-state index contributed by atoms with van der Waals surface area (Å²) in [4.78, 5) is 24.7. The van der Waals surface area contributed by atoms with E-state index in [2.05, 4.69) is 15.5 Å². The number of carboxylic acids is 1. The first-order valence-corrected chi connectivity index (χ1v) is 8.32. The van der Waals surface area contributed by atoms with E-state index in [0.29, 0.717) is 13.0 Å². The zero-order valence-electron chi connectivity index (χ0n) is 14.5. The monoisotopic (exact) mass is 344 g/mol. The summed E-state index contributed by atoms with van der Waals surface area (Å²) in [6.07, 6.45) is 1.37. The summed E-state index contributed by atoms with van der Waals surface area (Å²) in [6, 6.07) is 11.0. The third kappa shape index (κ3) is 5.63. The molecule has 0 aliphatic heterocycles. The molecule has 0 saturated carbocycles. The molecule has 2 rings (SSSR count). The van der Waals surface area contributed by atoms with Crippen LogP contribution in [0, 0.1) is 0 Å². The van der Waals surface area contributed by atoms with E-state index in [9.17, 15) is 9.59 Å². The molecule has 0 saturated heterocycles. The fourth-order valence-electron chi connectivity index (χ4n) is 2.60. The first-order valence-electron chi connectivity index (χ1n) is 8.32. The van der Waals surface area contributed by atoms with Crippen molar-refractivity contribution >= 4 is 12.0 Å². The smallest absolute Gasteiger partial charge is 0.317 e. The molecule has 0 spiro atoms. The van der Waals surface area contributed by atoms with Gasteiger partial charge in [-0.2, -0.15) is 5.10 Å². The number of hydrogen-bond donors (Lipinski definition) is 3. The van der Waals surface area contributed by atoms with Crippen LogP contribution in [0.5, 0.6) is 0 Å². The van der Waals surface area contributed by atoms with Crippen molar-refractivity contribution in [1.82, 2.24) is 20.4 Å². The molecule has 134 valence electrons. The SMILES string of the molecule is CCC[C@H](CC(=O)O)NC(=O)N(C)Cc1cc(-c2ccccc2)n[nH]1. The van der Waals surface area contributed by atoms with Crippen LogP contribution in [0.4, 0.5) is 4.79 Å². The summed E-state index contributed by atoms with van der Waals surface area (Å²) < 4.78 is 0. The number of nitrogens with zero attached hydrogens (tertiary/aromatic N) is 2. The molecular weight excluding hydrogens is 320 g/mol. The molecule has 0 unspecified atom stereocenters. The predicted molar refractivity (Wildman–Crippen MR) is 95.0 cm³/mol. The van der Waals surface area contributed by atoms with Crippen LogP contribution in [0.2, 0.25) is 0 Å². The first kappa shape index (κ1) is 18.5. The summed E-state index contributed by atoms with van der Waals surface area (Å²) >= 11 is 0. The van der Waals surface area contributed by atoms with Crippen LogP contribution in [0.1, 0.15) is 31.9 Å². The minimum Gasteiger partial charge on any atom is -0.481 e. The molecule has 0 aliphatic rings. The molecule has 2 amide bonds. The Kier molecular flexibility index (Phi) is 6.56. The number of benzene rings is 1. The number of carbonyl (C=O) groups excluding carboxylic acids is 1. The Morgan fingerprint density at radius 3 is 2.68 bits per heavy atom. The summed E-state index contributed by atoms with van der Waals surface area (Å²) in [6.45, 7) is 2.32. The third-order valence-electron chi connectivity index (χ3n) is 3.84. The first-order chi connectivity index (χ1) is 12.0. The number of rotatable bonds is 8. The topological polar surface area (TPSA) is 98.3 Å². The molecular formula is C18H24N4O3. The standard InChI is InChI=1S/C18H24N4O3/c1-3-7-14(11-17(23)24)19-18(25)22(2)12-15-10-16(21-20-15)13-8-5-4-6-9-13/h4-6,8-10,14H,3,7,11-12H2,1-2H3,(H,19,25)(H,20,21)(H,23,24)/t14-/m1/s1. The van der Waals surface area contributed by atoms with Crippen molar-refractivity contribution in [3.05, 3.63) is 42.1 Å². The van der Waals surface area contributed by atoms with E-state index in [0.717, 1.165) is 23.4 Å². The lowest BCUT2D eigenvalue weighted by atomic mass is 10.1. The Morgan fingerprint density at radius 1 is 1.32 bits per heavy atom. The molecule has 0 bridgehead atoms. The molecule has 2 aromatic rings. The van der Waals surface area contributed by atoms with Crippen LogP contribution in [0.25, 0.3) is 11.3 Å². The zero-order chi connectivity index (χ0) is 18.2. The number of aromatic amines is 1. The van der Waals surface area contributed by atoms with Crippen molar-refractivity contribution < 1.29 is 14.7 Å². The maximum atomic E-state index is 12.3. The number of amides is 2. The summed E-state index contributed by atoms with van der Waals surface area (Å²) in [5.41, 5.74) is 2.63. The van der Waals surface area contributed by atoms with Gasteiger partial charge in [-0.3, -0.25) is 9.89 Å². The number of carboxylic acid groups (broad SMARTS) is 1. The minimum atomic E-state index is -0.914. The van der Waals surface area contributed by atoms with Crippen LogP contribution in [-0.4, -0.2) is 45.3 Å². The minimum absolute atomic E-state index is 0.0738. The van der Waals surface area contributed by atoms with E-state index in [4.69, 9.17) is 5.11 Å². The summed E-state index contributed by atoms with van der Waals surface area (Å²) in [7, 11) is 1.67. The summed E-state index contributed by atoms with van der Waals surface area (Å²) in [5.74, 6) is -0.914. The van der Waals surface area contributed by atoms with Crippen molar-refractivity contribution in [3.8, 4) is 11.3 Å². The molecule has 0 aliphatic carbocycles. The van der Waals surface area contributed by atoms with Crippen molar-refractivity contribution in [1.29, 1.82) is 0 Å². The van der Waals surface area contributed by atoms with Gasteiger partial charge in [0.25, 0.3) is 0 Å². The van der Waals surface area contributed by atoms with Gasteiger partial charge in [0.1, 0.15) is 0 Å². The Labute approximate surface area is 147 Å². The lowest BCUT2D eigenvalue weighted by molar-refractivity contribution is -0.137. The molecule has 0 radical (unpaired) electrons. The van der Waals surface area contributed by atoms with Gasteiger partial charge in [-0.15, -0.1) is 0 Å². The Bertz CT molecular complexity index is 699. The molecule has 7 nitrogen and oxygen atoms in total. The molecule has 3 N–H and O–H groups in total. The molecule has 0 fully saturated rings. The molecule has 1 aromatic carbocycles. The maximum Gasteiger partial charge on any atom is 0.317 e. The van der Waals surface area contributed by atoms with Gasteiger partial charge in [0.05, 0.1) is 24.4 Å². The van der Waals surface area contributed by atoms with Crippen LogP contribution in [0.15, 0.2) is 36.4 Å². The highest BCUT2D eigenvalue weighted by Gasteiger charge is 2.18. The zero-order valence-corrected chi connectivity index (χ0v) is 14.5. The lowest BCUT2D eigenvalue weighted by Gasteiger charge is -2.22. The van der Waals surface area contributed by atoms with E-state index >= 15 is 0 Å². The van der Waals surface area contributed by atoms with Gasteiger partial charge in [-0.25, -0.2) is 4.79 Å². The van der Waals surface area contributed by atoms with Gasteiger partial charge in [-0.05, 0) is 12.5 Å². The van der Waals surface area contributed by atoms with E-state index in [1.54, 1.807) is 7.05 Å². The quantitative estimate of drug-likeness (QED) is 0.686. The van der Waals surface area contributed by atoms with Crippen molar-refractivity contribution in [2.75, 3.05) is 7.05 Å². The van der Waals surface area contributed by atoms with Gasteiger partial charge in [0.2, 0.25) is 0 Å². The number of hydrogen-bond acceptors (Lipinski definition) is 3. The van der Waals surface area contributed by atoms with E-state index in [-0.39, 0.29) is 18.5 Å². The van der Waals surface area contributed by atoms with Gasteiger partial charge in [0.15, 0.2) is 0 Å². The second kappa shape index (κ2) is 8.86. The average Bonchev–Trinajstić information content (AvgIpc) is 3.03. The van der Waals surface area contributed by atoms with E-state index < -0.39 is 5.97 Å². The molecule has 1 heterocycles. The normalized spacial score (nSPS) is 11.8. The largest absolute Gasteiger partial charge is 0.481 e. The highest BCUT2D eigenvalue weighted by Crippen LogP contribution is 2.17. The number of nitrogens with one attached hydrogen (secondary N) is 2. The van der Waals surface area contributed by atoms with Crippen LogP contribution in [0.3, 0.4) is 0 Å². The fraction of sp³-hybridized carbons (Fsp3) is 0.389. The van der Waals surface area contributed by atoms with Crippen molar-refractivity contribution in [2.24, 2.45) is 0 Å². The Morgan fingerprint density at radius 2 is 2.04 bits per heavy atom. The van der Waals surface area contributed by atoms with Gasteiger partial charge >= 0.3 is 12.0 Å². The molecule has 25 heavy (non-hydrogen) atoms. The molecule has 7 heteroatoms. The van der Waals surface area contributed by atoms with Crippen LogP contribution < -0.4 is 5.32 Å². The second-order valence-corrected chi connectivity index (χ2v) is 6.03. The van der Waals surface area contributed by atoms with Gasteiger partial charge in [0, 0.05) is 18.7 Å². The number of aliphatic carboxylic acids is 1. The second-order valence-electron chi connectivity index (χ2n) is 6.03. The Hall–Kier alpha value is -2.83. The maximum absolute atomic E-state index is 12.3. The molecule has 1 atom stereocenters. The van der Waals surface area contributed by atoms with E-state index in [1.807, 2.05) is 43.3 Å². The molecule has 1 aromatic heterocycles. The fourth-order valence-corrected chi connectivity index (χ4v) is 2.60. The highest BCUT2D eigenvalue weighted by atomic mass is 16.4. The van der Waals surface area contributed by atoms with Crippen molar-refractivity contribution in [3.63, 3.8) is 0 Å². The summed E-state index contributed by atoms with van der Waals surface area (Å²) in [5, 5.41) is 18.9. The Balaban J connectivity index is 1.94. The van der Waals surface area contributed by atoms with Crippen molar-refractivity contribution in [2.45, 2.75) is 38.8 Å².